The number of thiazole rings is 1. The second-order valence-electron chi connectivity index (χ2n) is 5.43. The van der Waals surface area contributed by atoms with Crippen molar-refractivity contribution in [3.8, 4) is 10.6 Å². The number of aromatic nitrogens is 5. The molecule has 3 aromatic rings. The summed E-state index contributed by atoms with van der Waals surface area (Å²) in [5.74, 6) is 0.503. The summed E-state index contributed by atoms with van der Waals surface area (Å²) in [5.41, 5.74) is 2.16. The summed E-state index contributed by atoms with van der Waals surface area (Å²) in [7, 11) is 0. The average molecular weight is 327 g/mol. The Hall–Kier alpha value is -2.54. The minimum Gasteiger partial charge on any atom is -0.306 e. The molecule has 6 nitrogen and oxygen atoms in total. The van der Waals surface area contributed by atoms with Gasteiger partial charge in [0.05, 0.1) is 11.3 Å². The van der Waals surface area contributed by atoms with Crippen molar-refractivity contribution in [1.82, 2.24) is 24.7 Å². The predicted molar refractivity (Wildman–Crippen MR) is 92.2 cm³/mol. The minimum absolute atomic E-state index is 0.189. The molecule has 0 aromatic carbocycles. The van der Waals surface area contributed by atoms with Crippen LogP contribution in [0.25, 0.3) is 22.7 Å². The van der Waals surface area contributed by atoms with E-state index in [1.54, 1.807) is 18.5 Å². The monoisotopic (exact) mass is 327 g/mol. The molecule has 7 heteroatoms. The molecule has 0 unspecified atom stereocenters. The van der Waals surface area contributed by atoms with Crippen molar-refractivity contribution in [2.24, 2.45) is 0 Å². The van der Waals surface area contributed by atoms with Crippen molar-refractivity contribution in [2.45, 2.75) is 26.8 Å². The maximum Gasteiger partial charge on any atom is 0.261 e. The fourth-order valence-corrected chi connectivity index (χ4v) is 2.98. The first kappa shape index (κ1) is 15.4. The molecule has 3 rings (SSSR count). The second-order valence-corrected chi connectivity index (χ2v) is 6.29. The Morgan fingerprint density at radius 1 is 1.35 bits per heavy atom. The molecule has 1 N–H and O–H groups in total. The summed E-state index contributed by atoms with van der Waals surface area (Å²) in [4.78, 5) is 23.6. The molecular weight excluding hydrogens is 310 g/mol. The van der Waals surface area contributed by atoms with Gasteiger partial charge in [0.2, 0.25) is 0 Å². The Kier molecular flexibility index (Phi) is 4.20. The van der Waals surface area contributed by atoms with Crippen LogP contribution in [0.4, 0.5) is 0 Å². The molecule has 3 heterocycles. The first-order chi connectivity index (χ1) is 11.0. The van der Waals surface area contributed by atoms with E-state index >= 15 is 0 Å². The van der Waals surface area contributed by atoms with Gasteiger partial charge in [0.15, 0.2) is 0 Å². The maximum absolute atomic E-state index is 12.2. The van der Waals surface area contributed by atoms with E-state index < -0.39 is 0 Å². The molecule has 0 spiro atoms. The number of nitrogens with zero attached hydrogens (tertiary/aromatic N) is 4. The van der Waals surface area contributed by atoms with Gasteiger partial charge >= 0.3 is 0 Å². The largest absolute Gasteiger partial charge is 0.306 e. The Bertz CT molecular complexity index is 903. The molecule has 0 radical (unpaired) electrons. The van der Waals surface area contributed by atoms with Crippen molar-refractivity contribution in [2.75, 3.05) is 0 Å². The standard InChI is InChI=1S/C16H17N5OS/c1-10(2)21-12(6-7-18-21)4-5-14-17-8-13(15(22)20-14)16-19-11(3)9-23-16/h4-10H,1-3H3,(H,17,20,22). The third-order valence-electron chi connectivity index (χ3n) is 3.27. The Morgan fingerprint density at radius 3 is 2.83 bits per heavy atom. The van der Waals surface area contributed by atoms with Gasteiger partial charge in [-0.25, -0.2) is 9.97 Å². The van der Waals surface area contributed by atoms with Crippen LogP contribution in [-0.4, -0.2) is 24.7 Å². The fourth-order valence-electron chi connectivity index (χ4n) is 2.18. The molecule has 0 aliphatic rings. The molecule has 0 amide bonds. The summed E-state index contributed by atoms with van der Waals surface area (Å²) in [5, 5.41) is 6.87. The average Bonchev–Trinajstić information content (AvgIpc) is 3.14. The lowest BCUT2D eigenvalue weighted by molar-refractivity contribution is 0.528. The highest BCUT2D eigenvalue weighted by atomic mass is 32.1. The molecule has 3 aromatic heterocycles. The molecule has 0 saturated carbocycles. The second kappa shape index (κ2) is 6.29. The van der Waals surface area contributed by atoms with Gasteiger partial charge in [0, 0.05) is 29.5 Å². The van der Waals surface area contributed by atoms with E-state index in [9.17, 15) is 4.79 Å². The van der Waals surface area contributed by atoms with Crippen LogP contribution in [0.3, 0.4) is 0 Å². The van der Waals surface area contributed by atoms with Crippen LogP contribution < -0.4 is 5.56 Å². The Balaban J connectivity index is 1.87. The van der Waals surface area contributed by atoms with E-state index in [1.165, 1.54) is 11.3 Å². The fraction of sp³-hybridized carbons (Fsp3) is 0.250. The van der Waals surface area contributed by atoms with Crippen molar-refractivity contribution in [3.05, 3.63) is 51.4 Å². The van der Waals surface area contributed by atoms with E-state index in [1.807, 2.05) is 29.1 Å². The Labute approximate surface area is 137 Å². The van der Waals surface area contributed by atoms with Gasteiger partial charge in [-0.3, -0.25) is 9.48 Å². The van der Waals surface area contributed by atoms with E-state index in [2.05, 4.69) is 33.9 Å². The zero-order valence-corrected chi connectivity index (χ0v) is 14.0. The number of nitrogens with one attached hydrogen (secondary N) is 1. The summed E-state index contributed by atoms with van der Waals surface area (Å²) in [6.07, 6.45) is 6.98. The zero-order chi connectivity index (χ0) is 16.4. The highest BCUT2D eigenvalue weighted by molar-refractivity contribution is 7.13. The highest BCUT2D eigenvalue weighted by Gasteiger charge is 2.08. The lowest BCUT2D eigenvalue weighted by Gasteiger charge is -2.07. The number of hydrogen-bond donors (Lipinski definition) is 1. The van der Waals surface area contributed by atoms with Crippen molar-refractivity contribution in [1.29, 1.82) is 0 Å². The Morgan fingerprint density at radius 2 is 2.17 bits per heavy atom. The molecule has 0 atom stereocenters. The van der Waals surface area contributed by atoms with Crippen LogP contribution in [-0.2, 0) is 0 Å². The van der Waals surface area contributed by atoms with Gasteiger partial charge in [-0.05, 0) is 39.0 Å². The number of hydrogen-bond acceptors (Lipinski definition) is 5. The van der Waals surface area contributed by atoms with Gasteiger partial charge in [0.1, 0.15) is 10.8 Å². The maximum atomic E-state index is 12.2. The molecule has 118 valence electrons. The first-order valence-electron chi connectivity index (χ1n) is 7.28. The van der Waals surface area contributed by atoms with Crippen LogP contribution in [0.5, 0.6) is 0 Å². The summed E-state index contributed by atoms with van der Waals surface area (Å²) in [6.45, 7) is 6.03. The predicted octanol–water partition coefficient (Wildman–Crippen LogP) is 3.15. The zero-order valence-electron chi connectivity index (χ0n) is 13.1. The van der Waals surface area contributed by atoms with Crippen LogP contribution in [0.1, 0.15) is 37.1 Å². The van der Waals surface area contributed by atoms with Gasteiger partial charge in [0.25, 0.3) is 5.56 Å². The third kappa shape index (κ3) is 3.29. The smallest absolute Gasteiger partial charge is 0.261 e. The summed E-state index contributed by atoms with van der Waals surface area (Å²) < 4.78 is 1.90. The van der Waals surface area contributed by atoms with Crippen LogP contribution in [0.15, 0.2) is 28.6 Å². The normalized spacial score (nSPS) is 11.7. The lowest BCUT2D eigenvalue weighted by Crippen LogP contribution is -2.11. The van der Waals surface area contributed by atoms with E-state index in [-0.39, 0.29) is 11.6 Å². The SMILES string of the molecule is Cc1csc(-c2cnc(C=Cc3ccnn3C(C)C)[nH]c2=O)n1. The van der Waals surface area contributed by atoms with Crippen LogP contribution in [0.2, 0.25) is 0 Å². The highest BCUT2D eigenvalue weighted by Crippen LogP contribution is 2.19. The topological polar surface area (TPSA) is 76.5 Å². The summed E-state index contributed by atoms with van der Waals surface area (Å²) >= 11 is 1.44. The van der Waals surface area contributed by atoms with Crippen molar-refractivity contribution in [3.63, 3.8) is 0 Å². The van der Waals surface area contributed by atoms with E-state index in [0.29, 0.717) is 16.4 Å². The van der Waals surface area contributed by atoms with Gasteiger partial charge in [-0.15, -0.1) is 11.3 Å². The first-order valence-corrected chi connectivity index (χ1v) is 8.16. The number of H-pyrrole nitrogens is 1. The van der Waals surface area contributed by atoms with Gasteiger partial charge in [-0.2, -0.15) is 5.10 Å². The van der Waals surface area contributed by atoms with Crippen molar-refractivity contribution >= 4 is 23.5 Å². The summed E-state index contributed by atoms with van der Waals surface area (Å²) in [6, 6.07) is 2.19. The van der Waals surface area contributed by atoms with Gasteiger partial charge < -0.3 is 4.98 Å². The number of aromatic amines is 1. The number of rotatable bonds is 4. The molecule has 0 saturated heterocycles. The molecule has 0 aliphatic carbocycles. The van der Waals surface area contributed by atoms with Crippen LogP contribution >= 0.6 is 11.3 Å². The van der Waals surface area contributed by atoms with Crippen molar-refractivity contribution < 1.29 is 0 Å². The molecular formula is C16H17N5OS. The minimum atomic E-state index is -0.189. The number of aryl methyl sites for hydroxylation is 1. The molecule has 23 heavy (non-hydrogen) atoms. The molecule has 0 fully saturated rings. The van der Waals surface area contributed by atoms with Gasteiger partial charge in [-0.1, -0.05) is 0 Å². The van der Waals surface area contributed by atoms with Crippen LogP contribution in [0, 0.1) is 6.92 Å². The lowest BCUT2D eigenvalue weighted by atomic mass is 10.3. The van der Waals surface area contributed by atoms with E-state index in [0.717, 1.165) is 11.4 Å². The van der Waals surface area contributed by atoms with E-state index in [4.69, 9.17) is 0 Å². The third-order valence-corrected chi connectivity index (χ3v) is 4.26. The quantitative estimate of drug-likeness (QED) is 0.798. The molecule has 0 aliphatic heterocycles. The molecule has 0 bridgehead atoms.